The first-order valence-corrected chi connectivity index (χ1v) is 10.4. The quantitative estimate of drug-likeness (QED) is 0.555. The van der Waals surface area contributed by atoms with Crippen molar-refractivity contribution in [2.45, 2.75) is 59.6 Å². The SMILES string of the molecule is CCc1cc(Br)cc2c1N(C(=O)OCc1ccccc1)C(C(C)(C)C)CC2. The lowest BCUT2D eigenvalue weighted by atomic mass is 9.79. The third kappa shape index (κ3) is 4.37. The Morgan fingerprint density at radius 3 is 2.56 bits per heavy atom. The van der Waals surface area contributed by atoms with E-state index in [4.69, 9.17) is 4.74 Å². The van der Waals surface area contributed by atoms with Gasteiger partial charge in [0.1, 0.15) is 6.61 Å². The minimum Gasteiger partial charge on any atom is -0.444 e. The maximum atomic E-state index is 13.2. The lowest BCUT2D eigenvalue weighted by molar-refractivity contribution is 0.136. The van der Waals surface area contributed by atoms with E-state index in [2.05, 4.69) is 55.8 Å². The zero-order valence-electron chi connectivity index (χ0n) is 16.6. The molecule has 0 saturated carbocycles. The van der Waals surface area contributed by atoms with Gasteiger partial charge in [-0.25, -0.2) is 4.79 Å². The third-order valence-corrected chi connectivity index (χ3v) is 5.71. The van der Waals surface area contributed by atoms with Crippen LogP contribution in [0.3, 0.4) is 0 Å². The van der Waals surface area contributed by atoms with E-state index in [0.717, 1.165) is 35.0 Å². The minimum absolute atomic E-state index is 0.0262. The highest BCUT2D eigenvalue weighted by Gasteiger charge is 2.40. The lowest BCUT2D eigenvalue weighted by Crippen LogP contribution is -2.51. The number of fused-ring (bicyclic) bond motifs is 1. The number of carbonyl (C=O) groups excluding carboxylic acids is 1. The summed E-state index contributed by atoms with van der Waals surface area (Å²) in [5.74, 6) is 0. The van der Waals surface area contributed by atoms with Crippen molar-refractivity contribution in [3.05, 3.63) is 63.6 Å². The number of hydrogen-bond donors (Lipinski definition) is 0. The van der Waals surface area contributed by atoms with Gasteiger partial charge in [-0.2, -0.15) is 0 Å². The van der Waals surface area contributed by atoms with Crippen LogP contribution in [0.25, 0.3) is 0 Å². The van der Waals surface area contributed by atoms with Crippen LogP contribution in [0.15, 0.2) is 46.9 Å². The Morgan fingerprint density at radius 2 is 1.93 bits per heavy atom. The maximum absolute atomic E-state index is 13.2. The summed E-state index contributed by atoms with van der Waals surface area (Å²) in [5, 5.41) is 0. The van der Waals surface area contributed by atoms with Gasteiger partial charge >= 0.3 is 6.09 Å². The van der Waals surface area contributed by atoms with Gasteiger partial charge in [0.25, 0.3) is 0 Å². The topological polar surface area (TPSA) is 29.5 Å². The maximum Gasteiger partial charge on any atom is 0.414 e. The number of hydrogen-bond acceptors (Lipinski definition) is 2. The molecule has 1 aliphatic heterocycles. The molecular formula is C23H28BrNO2. The first kappa shape index (κ1) is 19.9. The molecule has 3 nitrogen and oxygen atoms in total. The fourth-order valence-electron chi connectivity index (χ4n) is 3.89. The average Bonchev–Trinajstić information content (AvgIpc) is 2.64. The van der Waals surface area contributed by atoms with Crippen molar-refractivity contribution in [1.29, 1.82) is 0 Å². The Balaban J connectivity index is 1.97. The molecular weight excluding hydrogens is 402 g/mol. The van der Waals surface area contributed by atoms with Crippen molar-refractivity contribution in [2.75, 3.05) is 4.90 Å². The number of rotatable bonds is 3. The molecule has 1 heterocycles. The lowest BCUT2D eigenvalue weighted by Gasteiger charge is -2.44. The highest BCUT2D eigenvalue weighted by atomic mass is 79.9. The van der Waals surface area contributed by atoms with Gasteiger partial charge in [0.05, 0.1) is 5.69 Å². The van der Waals surface area contributed by atoms with Gasteiger partial charge in [-0.05, 0) is 53.5 Å². The minimum atomic E-state index is -0.253. The number of anilines is 1. The van der Waals surface area contributed by atoms with E-state index in [1.807, 2.05) is 35.2 Å². The second kappa shape index (κ2) is 8.05. The van der Waals surface area contributed by atoms with Gasteiger partial charge in [0.2, 0.25) is 0 Å². The van der Waals surface area contributed by atoms with Crippen LogP contribution in [0.1, 0.15) is 50.8 Å². The van der Waals surface area contributed by atoms with Crippen molar-refractivity contribution in [2.24, 2.45) is 5.41 Å². The van der Waals surface area contributed by atoms with Gasteiger partial charge in [-0.1, -0.05) is 74.0 Å². The molecule has 1 aliphatic rings. The van der Waals surface area contributed by atoms with E-state index in [9.17, 15) is 4.79 Å². The van der Waals surface area contributed by atoms with Crippen LogP contribution < -0.4 is 4.90 Å². The zero-order chi connectivity index (χ0) is 19.6. The standard InChI is InChI=1S/C23H28BrNO2/c1-5-17-13-19(24)14-18-11-12-20(23(2,3)4)25(21(17)18)22(26)27-15-16-9-7-6-8-10-16/h6-10,13-14,20H,5,11-12,15H2,1-4H3. The van der Waals surface area contributed by atoms with Crippen molar-refractivity contribution in [1.82, 2.24) is 0 Å². The molecule has 3 rings (SSSR count). The molecule has 0 radical (unpaired) electrons. The van der Waals surface area contributed by atoms with Crippen molar-refractivity contribution in [3.8, 4) is 0 Å². The molecule has 0 saturated heterocycles. The first-order valence-electron chi connectivity index (χ1n) is 9.62. The second-order valence-corrected chi connectivity index (χ2v) is 9.17. The van der Waals surface area contributed by atoms with E-state index in [0.29, 0.717) is 6.61 Å². The largest absolute Gasteiger partial charge is 0.444 e. The van der Waals surface area contributed by atoms with E-state index < -0.39 is 0 Å². The van der Waals surface area contributed by atoms with Crippen molar-refractivity contribution < 1.29 is 9.53 Å². The molecule has 0 aromatic heterocycles. The Morgan fingerprint density at radius 1 is 1.22 bits per heavy atom. The van der Waals surface area contributed by atoms with E-state index in [1.54, 1.807) is 0 Å². The van der Waals surface area contributed by atoms with Gasteiger partial charge < -0.3 is 4.74 Å². The number of aryl methyl sites for hydroxylation is 2. The van der Waals surface area contributed by atoms with Crippen LogP contribution in [0.2, 0.25) is 0 Å². The fourth-order valence-corrected chi connectivity index (χ4v) is 4.44. The molecule has 144 valence electrons. The van der Waals surface area contributed by atoms with Gasteiger partial charge in [0.15, 0.2) is 0 Å². The summed E-state index contributed by atoms with van der Waals surface area (Å²) in [5.41, 5.74) is 4.43. The number of benzene rings is 2. The Kier molecular flexibility index (Phi) is 5.95. The first-order chi connectivity index (χ1) is 12.8. The molecule has 1 unspecified atom stereocenters. The van der Waals surface area contributed by atoms with Gasteiger partial charge in [-0.15, -0.1) is 0 Å². The van der Waals surface area contributed by atoms with Crippen LogP contribution in [0, 0.1) is 5.41 Å². The van der Waals surface area contributed by atoms with E-state index in [1.165, 1.54) is 11.1 Å². The number of amides is 1. The summed E-state index contributed by atoms with van der Waals surface area (Å²) in [6.07, 6.45) is 2.54. The summed E-state index contributed by atoms with van der Waals surface area (Å²) in [6, 6.07) is 14.2. The summed E-state index contributed by atoms with van der Waals surface area (Å²) < 4.78 is 6.83. The van der Waals surface area contributed by atoms with Crippen LogP contribution in [0.5, 0.6) is 0 Å². The second-order valence-electron chi connectivity index (χ2n) is 8.26. The number of nitrogens with zero attached hydrogens (tertiary/aromatic N) is 1. The van der Waals surface area contributed by atoms with Crippen molar-refractivity contribution >= 4 is 27.7 Å². The number of carbonyl (C=O) groups is 1. The molecule has 0 fully saturated rings. The molecule has 1 amide bonds. The number of halogens is 1. The van der Waals surface area contributed by atoms with Crippen molar-refractivity contribution in [3.63, 3.8) is 0 Å². The molecule has 0 N–H and O–H groups in total. The Labute approximate surface area is 170 Å². The summed E-state index contributed by atoms with van der Waals surface area (Å²) >= 11 is 3.62. The number of ether oxygens (including phenoxy) is 1. The highest BCUT2D eigenvalue weighted by Crippen LogP contribution is 2.42. The molecule has 0 bridgehead atoms. The Hall–Kier alpha value is -1.81. The smallest absolute Gasteiger partial charge is 0.414 e. The van der Waals surface area contributed by atoms with Crippen LogP contribution >= 0.6 is 15.9 Å². The fraction of sp³-hybridized carbons (Fsp3) is 0.435. The molecule has 27 heavy (non-hydrogen) atoms. The third-order valence-electron chi connectivity index (χ3n) is 5.25. The molecule has 0 spiro atoms. The van der Waals surface area contributed by atoms with Gasteiger partial charge in [0, 0.05) is 10.5 Å². The normalized spacial score (nSPS) is 16.8. The molecule has 4 heteroatoms. The predicted octanol–water partition coefficient (Wildman–Crippen LogP) is 6.52. The average molecular weight is 430 g/mol. The summed E-state index contributed by atoms with van der Waals surface area (Å²) in [7, 11) is 0. The van der Waals surface area contributed by atoms with Crippen LogP contribution in [0.4, 0.5) is 10.5 Å². The van der Waals surface area contributed by atoms with Crippen LogP contribution in [-0.4, -0.2) is 12.1 Å². The van der Waals surface area contributed by atoms with E-state index in [-0.39, 0.29) is 17.6 Å². The molecule has 0 aliphatic carbocycles. The Bertz CT molecular complexity index is 794. The monoisotopic (exact) mass is 429 g/mol. The summed E-state index contributed by atoms with van der Waals surface area (Å²) in [6.45, 7) is 9.02. The molecule has 2 aromatic rings. The molecule has 1 atom stereocenters. The van der Waals surface area contributed by atoms with Crippen LogP contribution in [-0.2, 0) is 24.2 Å². The van der Waals surface area contributed by atoms with Gasteiger partial charge in [-0.3, -0.25) is 4.90 Å². The van der Waals surface area contributed by atoms with E-state index >= 15 is 0 Å². The highest BCUT2D eigenvalue weighted by molar-refractivity contribution is 9.10. The summed E-state index contributed by atoms with van der Waals surface area (Å²) in [4.78, 5) is 15.2. The zero-order valence-corrected chi connectivity index (χ0v) is 18.2. The predicted molar refractivity (Wildman–Crippen MR) is 114 cm³/mol. The molecule has 2 aromatic carbocycles.